The molecule has 174 valence electrons. The first kappa shape index (κ1) is 21.8. The van der Waals surface area contributed by atoms with Crippen LogP contribution in [0.2, 0.25) is 0 Å². The zero-order valence-corrected chi connectivity index (χ0v) is 19.1. The highest BCUT2D eigenvalue weighted by Crippen LogP contribution is 2.20. The van der Waals surface area contributed by atoms with E-state index in [2.05, 4.69) is 15.1 Å². The van der Waals surface area contributed by atoms with Gasteiger partial charge in [-0.2, -0.15) is 0 Å². The molecule has 0 saturated heterocycles. The largest absolute Gasteiger partial charge is 0.356 e. The minimum Gasteiger partial charge on any atom is -0.356 e. The molecular formula is C23H21N5O5S. The van der Waals surface area contributed by atoms with Gasteiger partial charge in [-0.3, -0.25) is 14.3 Å². The molecule has 0 aliphatic rings. The highest BCUT2D eigenvalue weighted by atomic mass is 32.2. The Hall–Kier alpha value is -3.99. The van der Waals surface area contributed by atoms with E-state index >= 15 is 0 Å². The van der Waals surface area contributed by atoms with Gasteiger partial charge in [-0.15, -0.1) is 0 Å². The quantitative estimate of drug-likeness (QED) is 0.378. The molecule has 0 saturated carbocycles. The van der Waals surface area contributed by atoms with Crippen LogP contribution in [-0.2, 0) is 29.3 Å². The molecule has 0 aliphatic heterocycles. The van der Waals surface area contributed by atoms with E-state index in [1.54, 1.807) is 23.0 Å². The SMILES string of the molecule is CCn1cnc2c1c(=O)[nH]c(=O)n2Cc1ccc(CCS(=O)(=O)c2ccc3oncc3c2)cc1. The third kappa shape index (κ3) is 3.94. The Kier molecular flexibility index (Phi) is 5.40. The van der Waals surface area contributed by atoms with Gasteiger partial charge < -0.3 is 9.09 Å². The molecule has 2 aromatic carbocycles. The molecule has 1 N–H and O–H groups in total. The molecule has 5 rings (SSSR count). The molecule has 34 heavy (non-hydrogen) atoms. The lowest BCUT2D eigenvalue weighted by Gasteiger charge is -2.09. The Morgan fingerprint density at radius 2 is 1.82 bits per heavy atom. The number of nitrogens with one attached hydrogen (secondary N) is 1. The van der Waals surface area contributed by atoms with E-state index in [-0.39, 0.29) is 17.2 Å². The fraction of sp³-hybridized carbons (Fsp3) is 0.217. The summed E-state index contributed by atoms with van der Waals surface area (Å²) in [5.41, 5.74) is 1.91. The van der Waals surface area contributed by atoms with Crippen LogP contribution in [0.1, 0.15) is 18.1 Å². The number of fused-ring (bicyclic) bond motifs is 2. The third-order valence-corrected chi connectivity index (χ3v) is 7.52. The monoisotopic (exact) mass is 479 g/mol. The molecular weight excluding hydrogens is 458 g/mol. The maximum atomic E-state index is 12.8. The van der Waals surface area contributed by atoms with Gasteiger partial charge in [0, 0.05) is 11.9 Å². The van der Waals surface area contributed by atoms with Crippen molar-refractivity contribution in [1.29, 1.82) is 0 Å². The van der Waals surface area contributed by atoms with Crippen molar-refractivity contribution < 1.29 is 12.9 Å². The van der Waals surface area contributed by atoms with Crippen molar-refractivity contribution in [2.75, 3.05) is 5.75 Å². The van der Waals surface area contributed by atoms with Crippen LogP contribution in [0.3, 0.4) is 0 Å². The molecule has 0 aliphatic carbocycles. The zero-order chi connectivity index (χ0) is 23.9. The fourth-order valence-corrected chi connectivity index (χ4v) is 5.24. The second-order valence-corrected chi connectivity index (χ2v) is 10.1. The lowest BCUT2D eigenvalue weighted by atomic mass is 10.1. The maximum absolute atomic E-state index is 12.8. The van der Waals surface area contributed by atoms with Crippen molar-refractivity contribution in [3.8, 4) is 0 Å². The van der Waals surface area contributed by atoms with E-state index in [1.807, 2.05) is 31.2 Å². The van der Waals surface area contributed by atoms with Gasteiger partial charge >= 0.3 is 5.69 Å². The molecule has 0 spiro atoms. The molecule has 11 heteroatoms. The number of aryl methyl sites for hydroxylation is 2. The predicted molar refractivity (Wildman–Crippen MR) is 126 cm³/mol. The van der Waals surface area contributed by atoms with Crippen molar-refractivity contribution in [2.24, 2.45) is 0 Å². The molecule has 3 heterocycles. The van der Waals surface area contributed by atoms with Crippen LogP contribution in [0.5, 0.6) is 0 Å². The topological polar surface area (TPSA) is 133 Å². The van der Waals surface area contributed by atoms with Gasteiger partial charge in [0.15, 0.2) is 26.6 Å². The minimum atomic E-state index is -3.48. The summed E-state index contributed by atoms with van der Waals surface area (Å²) in [5, 5.41) is 4.31. The summed E-state index contributed by atoms with van der Waals surface area (Å²) in [6.07, 6.45) is 3.37. The Morgan fingerprint density at radius 1 is 1.06 bits per heavy atom. The number of benzene rings is 2. The third-order valence-electron chi connectivity index (χ3n) is 5.80. The van der Waals surface area contributed by atoms with Crippen molar-refractivity contribution in [3.63, 3.8) is 0 Å². The lowest BCUT2D eigenvalue weighted by molar-refractivity contribution is 0.456. The maximum Gasteiger partial charge on any atom is 0.330 e. The van der Waals surface area contributed by atoms with Crippen LogP contribution in [-0.4, -0.2) is 38.4 Å². The minimum absolute atomic E-state index is 0.0441. The number of nitrogens with zero attached hydrogens (tertiary/aromatic N) is 4. The summed E-state index contributed by atoms with van der Waals surface area (Å²) >= 11 is 0. The molecule has 0 amide bonds. The average Bonchev–Trinajstić information content (AvgIpc) is 3.48. The van der Waals surface area contributed by atoms with Crippen LogP contribution >= 0.6 is 0 Å². The van der Waals surface area contributed by atoms with E-state index in [9.17, 15) is 18.0 Å². The second kappa shape index (κ2) is 8.41. The first-order chi connectivity index (χ1) is 16.4. The molecule has 0 atom stereocenters. The standard InChI is InChI=1S/C23H21N5O5S/c1-2-27-14-24-21-20(27)22(29)26-23(30)28(21)13-16-5-3-15(4-6-16)9-10-34(31,32)18-7-8-19-17(11-18)12-25-33-19/h3-8,11-12,14H,2,9-10,13H2,1H3,(H,26,29,30). The van der Waals surface area contributed by atoms with Crippen LogP contribution in [0, 0.1) is 0 Å². The van der Waals surface area contributed by atoms with Gasteiger partial charge in [-0.05, 0) is 42.7 Å². The average molecular weight is 480 g/mol. The molecule has 0 bridgehead atoms. The highest BCUT2D eigenvalue weighted by Gasteiger charge is 2.16. The Morgan fingerprint density at radius 3 is 2.59 bits per heavy atom. The first-order valence-electron chi connectivity index (χ1n) is 10.7. The van der Waals surface area contributed by atoms with Gasteiger partial charge in [-0.25, -0.2) is 18.2 Å². The number of H-pyrrole nitrogens is 1. The van der Waals surface area contributed by atoms with E-state index in [1.165, 1.54) is 16.8 Å². The molecule has 10 nitrogen and oxygen atoms in total. The van der Waals surface area contributed by atoms with Crippen LogP contribution in [0.25, 0.3) is 22.1 Å². The Balaban J connectivity index is 1.33. The zero-order valence-electron chi connectivity index (χ0n) is 18.3. The Bertz CT molecular complexity index is 1730. The number of hydrogen-bond donors (Lipinski definition) is 1. The smallest absolute Gasteiger partial charge is 0.330 e. The van der Waals surface area contributed by atoms with Gasteiger partial charge in [0.05, 0.1) is 29.7 Å². The predicted octanol–water partition coefficient (Wildman–Crippen LogP) is 2.11. The van der Waals surface area contributed by atoms with Crippen molar-refractivity contribution >= 4 is 32.0 Å². The Labute approximate surface area is 193 Å². The van der Waals surface area contributed by atoms with Gasteiger partial charge in [-0.1, -0.05) is 29.4 Å². The van der Waals surface area contributed by atoms with Crippen molar-refractivity contribution in [3.05, 3.63) is 87.0 Å². The first-order valence-corrected chi connectivity index (χ1v) is 12.3. The molecule has 0 unspecified atom stereocenters. The summed E-state index contributed by atoms with van der Waals surface area (Å²) in [6.45, 7) is 2.67. The summed E-state index contributed by atoms with van der Waals surface area (Å²) in [5.74, 6) is -0.0441. The summed E-state index contributed by atoms with van der Waals surface area (Å²) in [4.78, 5) is 31.5. The summed E-state index contributed by atoms with van der Waals surface area (Å²) in [6, 6.07) is 12.0. The van der Waals surface area contributed by atoms with E-state index in [0.29, 0.717) is 35.1 Å². The molecule has 0 radical (unpaired) electrons. The van der Waals surface area contributed by atoms with E-state index in [0.717, 1.165) is 11.1 Å². The van der Waals surface area contributed by atoms with Crippen LogP contribution in [0.15, 0.2) is 74.0 Å². The molecule has 5 aromatic rings. The van der Waals surface area contributed by atoms with Crippen molar-refractivity contribution in [2.45, 2.75) is 31.3 Å². The van der Waals surface area contributed by atoms with Gasteiger partial charge in [0.25, 0.3) is 5.56 Å². The highest BCUT2D eigenvalue weighted by molar-refractivity contribution is 7.91. The van der Waals surface area contributed by atoms with Crippen LogP contribution in [0.4, 0.5) is 0 Å². The molecule has 3 aromatic heterocycles. The second-order valence-electron chi connectivity index (χ2n) is 7.96. The number of aromatic nitrogens is 5. The van der Waals surface area contributed by atoms with Crippen LogP contribution < -0.4 is 11.2 Å². The number of rotatable bonds is 7. The van der Waals surface area contributed by atoms with Gasteiger partial charge in [0.2, 0.25) is 0 Å². The van der Waals surface area contributed by atoms with E-state index < -0.39 is 21.1 Å². The lowest BCUT2D eigenvalue weighted by Crippen LogP contribution is -2.31. The molecule has 0 fully saturated rings. The number of hydrogen-bond acceptors (Lipinski definition) is 7. The van der Waals surface area contributed by atoms with E-state index in [4.69, 9.17) is 4.52 Å². The number of sulfone groups is 1. The summed E-state index contributed by atoms with van der Waals surface area (Å²) in [7, 11) is -3.48. The summed E-state index contributed by atoms with van der Waals surface area (Å²) < 4.78 is 33.7. The normalized spacial score (nSPS) is 12.0. The number of aromatic amines is 1. The fourth-order valence-electron chi connectivity index (χ4n) is 3.92. The van der Waals surface area contributed by atoms with Crippen molar-refractivity contribution in [1.82, 2.24) is 24.3 Å². The number of imidazole rings is 1. The van der Waals surface area contributed by atoms with Gasteiger partial charge in [0.1, 0.15) is 0 Å².